The van der Waals surface area contributed by atoms with Gasteiger partial charge in [-0.2, -0.15) is 13.2 Å². The Balaban J connectivity index is 0.00000312. The lowest BCUT2D eigenvalue weighted by atomic mass is 10.1. The highest BCUT2D eigenvalue weighted by Gasteiger charge is 2.30. The van der Waals surface area contributed by atoms with E-state index in [1.807, 2.05) is 7.05 Å². The first-order chi connectivity index (χ1) is 11.4. The van der Waals surface area contributed by atoms with Crippen molar-refractivity contribution in [1.82, 2.24) is 15.6 Å². The van der Waals surface area contributed by atoms with E-state index in [9.17, 15) is 18.0 Å². The van der Waals surface area contributed by atoms with Crippen molar-refractivity contribution in [3.8, 4) is 10.6 Å². The number of hydrogen-bond donors (Lipinski definition) is 2. The second-order valence-corrected chi connectivity index (χ2v) is 6.06. The monoisotopic (exact) mass is 393 g/mol. The van der Waals surface area contributed by atoms with Gasteiger partial charge in [-0.05, 0) is 32.1 Å². The minimum Gasteiger partial charge on any atom is -0.350 e. The van der Waals surface area contributed by atoms with Gasteiger partial charge in [0.05, 0.1) is 17.8 Å². The minimum absolute atomic E-state index is 0. The number of nitrogens with zero attached hydrogens (tertiary/aromatic N) is 1. The van der Waals surface area contributed by atoms with Crippen LogP contribution in [0.5, 0.6) is 0 Å². The van der Waals surface area contributed by atoms with Gasteiger partial charge in [-0.15, -0.1) is 23.7 Å². The third kappa shape index (κ3) is 6.64. The number of hydrogen-bond acceptors (Lipinski definition) is 4. The van der Waals surface area contributed by atoms with Crippen LogP contribution in [0.3, 0.4) is 0 Å². The van der Waals surface area contributed by atoms with Crippen molar-refractivity contribution in [2.24, 2.45) is 0 Å². The van der Waals surface area contributed by atoms with Crippen LogP contribution >= 0.6 is 23.7 Å². The molecular formula is C16H19ClF3N3OS. The summed E-state index contributed by atoms with van der Waals surface area (Å²) in [5.41, 5.74) is 0.633. The average Bonchev–Trinajstić information content (AvgIpc) is 3.01. The predicted molar refractivity (Wildman–Crippen MR) is 94.8 cm³/mol. The fourth-order valence-electron chi connectivity index (χ4n) is 2.03. The summed E-state index contributed by atoms with van der Waals surface area (Å²) in [5, 5.41) is 8.17. The third-order valence-electron chi connectivity index (χ3n) is 3.31. The Morgan fingerprint density at radius 2 is 1.92 bits per heavy atom. The molecule has 0 atom stereocenters. The molecular weight excluding hydrogens is 375 g/mol. The lowest BCUT2D eigenvalue weighted by Gasteiger charge is -2.06. The maximum absolute atomic E-state index is 12.6. The average molecular weight is 394 g/mol. The second-order valence-electron chi connectivity index (χ2n) is 5.20. The summed E-state index contributed by atoms with van der Waals surface area (Å²) >= 11 is 1.34. The van der Waals surface area contributed by atoms with Crippen molar-refractivity contribution in [1.29, 1.82) is 0 Å². The zero-order valence-electron chi connectivity index (χ0n) is 13.5. The van der Waals surface area contributed by atoms with E-state index in [1.54, 1.807) is 5.38 Å². The maximum atomic E-state index is 12.6. The lowest BCUT2D eigenvalue weighted by Crippen LogP contribution is -2.23. The first-order valence-electron chi connectivity index (χ1n) is 7.43. The van der Waals surface area contributed by atoms with Gasteiger partial charge in [0, 0.05) is 17.4 Å². The van der Waals surface area contributed by atoms with E-state index >= 15 is 0 Å². The van der Waals surface area contributed by atoms with E-state index < -0.39 is 11.7 Å². The molecule has 2 rings (SSSR count). The molecule has 0 saturated carbocycles. The highest BCUT2D eigenvalue weighted by atomic mass is 35.5. The van der Waals surface area contributed by atoms with Gasteiger partial charge in [-0.1, -0.05) is 12.1 Å². The molecule has 0 bridgehead atoms. The van der Waals surface area contributed by atoms with Crippen molar-refractivity contribution in [3.05, 3.63) is 40.9 Å². The number of nitrogens with one attached hydrogen (secondary N) is 2. The third-order valence-corrected chi connectivity index (χ3v) is 4.25. The Morgan fingerprint density at radius 3 is 2.52 bits per heavy atom. The number of alkyl halides is 3. The van der Waals surface area contributed by atoms with Crippen LogP contribution < -0.4 is 10.6 Å². The van der Waals surface area contributed by atoms with Crippen LogP contribution in [-0.4, -0.2) is 24.5 Å². The van der Waals surface area contributed by atoms with E-state index in [2.05, 4.69) is 15.6 Å². The van der Waals surface area contributed by atoms with Gasteiger partial charge >= 0.3 is 6.18 Å². The molecule has 0 saturated heterocycles. The number of benzene rings is 1. The molecule has 0 fully saturated rings. The van der Waals surface area contributed by atoms with Gasteiger partial charge < -0.3 is 10.6 Å². The van der Waals surface area contributed by atoms with Crippen molar-refractivity contribution in [2.45, 2.75) is 25.6 Å². The van der Waals surface area contributed by atoms with E-state index in [-0.39, 0.29) is 18.3 Å². The molecule has 1 heterocycles. The fraction of sp³-hybridized carbons (Fsp3) is 0.375. The van der Waals surface area contributed by atoms with Crippen molar-refractivity contribution < 1.29 is 18.0 Å². The molecule has 1 aromatic carbocycles. The van der Waals surface area contributed by atoms with Gasteiger partial charge in [0.25, 0.3) is 0 Å². The molecule has 2 N–H and O–H groups in total. The SMILES string of the molecule is CNCCCC(=O)NCc1csc(-c2ccc(C(F)(F)F)cc2)n1.Cl. The molecule has 1 aromatic heterocycles. The molecule has 0 aliphatic heterocycles. The van der Waals surface area contributed by atoms with Crippen LogP contribution in [0.2, 0.25) is 0 Å². The summed E-state index contributed by atoms with van der Waals surface area (Å²) in [7, 11) is 1.83. The van der Waals surface area contributed by atoms with Crippen LogP contribution in [0.4, 0.5) is 13.2 Å². The van der Waals surface area contributed by atoms with E-state index in [1.165, 1.54) is 23.5 Å². The van der Waals surface area contributed by atoms with E-state index in [0.29, 0.717) is 29.2 Å². The summed E-state index contributed by atoms with van der Waals surface area (Å²) in [6.07, 6.45) is -3.14. The van der Waals surface area contributed by atoms with Gasteiger partial charge in [-0.3, -0.25) is 4.79 Å². The Morgan fingerprint density at radius 1 is 1.24 bits per heavy atom. The van der Waals surface area contributed by atoms with Gasteiger partial charge in [0.2, 0.25) is 5.91 Å². The first kappa shape index (κ1) is 21.4. The number of halogens is 4. The Hall–Kier alpha value is -1.64. The van der Waals surface area contributed by atoms with Gasteiger partial charge in [0.15, 0.2) is 0 Å². The summed E-state index contributed by atoms with van der Waals surface area (Å²) < 4.78 is 37.7. The normalized spacial score (nSPS) is 11.0. The number of carbonyl (C=O) groups is 1. The Kier molecular flexibility index (Phi) is 8.34. The topological polar surface area (TPSA) is 54.0 Å². The first-order valence-corrected chi connectivity index (χ1v) is 8.31. The molecule has 0 unspecified atom stereocenters. The maximum Gasteiger partial charge on any atom is 0.416 e. The molecule has 138 valence electrons. The van der Waals surface area contributed by atoms with Crippen molar-refractivity contribution in [3.63, 3.8) is 0 Å². The van der Waals surface area contributed by atoms with Crippen LogP contribution in [0.25, 0.3) is 10.6 Å². The smallest absolute Gasteiger partial charge is 0.350 e. The Labute approximate surface area is 154 Å². The zero-order chi connectivity index (χ0) is 17.6. The second kappa shape index (κ2) is 9.74. The van der Waals surface area contributed by atoms with Crippen LogP contribution in [0.15, 0.2) is 29.6 Å². The molecule has 4 nitrogen and oxygen atoms in total. The number of amides is 1. The summed E-state index contributed by atoms with van der Waals surface area (Å²) in [6, 6.07) is 4.89. The number of rotatable bonds is 7. The molecule has 0 radical (unpaired) electrons. The zero-order valence-corrected chi connectivity index (χ0v) is 15.2. The highest BCUT2D eigenvalue weighted by molar-refractivity contribution is 7.13. The summed E-state index contributed by atoms with van der Waals surface area (Å²) in [5.74, 6) is -0.0469. The largest absolute Gasteiger partial charge is 0.416 e. The molecule has 9 heteroatoms. The van der Waals surface area contributed by atoms with Crippen LogP contribution in [0, 0.1) is 0 Å². The molecule has 0 spiro atoms. The molecule has 2 aromatic rings. The summed E-state index contributed by atoms with van der Waals surface area (Å²) in [4.78, 5) is 16.0. The highest BCUT2D eigenvalue weighted by Crippen LogP contribution is 2.31. The van der Waals surface area contributed by atoms with E-state index in [0.717, 1.165) is 25.1 Å². The van der Waals surface area contributed by atoms with E-state index in [4.69, 9.17) is 0 Å². The molecule has 1 amide bonds. The van der Waals surface area contributed by atoms with Gasteiger partial charge in [-0.25, -0.2) is 4.98 Å². The number of aromatic nitrogens is 1. The standard InChI is InChI=1S/C16H18F3N3OS.ClH/c1-20-8-2-3-14(23)21-9-13-10-24-15(22-13)11-4-6-12(7-5-11)16(17,18)19;/h4-7,10,20H,2-3,8-9H2,1H3,(H,21,23);1H. The predicted octanol–water partition coefficient (Wildman–Crippen LogP) is 3.87. The molecule has 0 aliphatic rings. The number of thiazole rings is 1. The summed E-state index contributed by atoms with van der Waals surface area (Å²) in [6.45, 7) is 1.09. The Bertz CT molecular complexity index is 674. The van der Waals surface area contributed by atoms with Crippen LogP contribution in [-0.2, 0) is 17.5 Å². The van der Waals surface area contributed by atoms with Crippen molar-refractivity contribution >= 4 is 29.7 Å². The van der Waals surface area contributed by atoms with Crippen LogP contribution in [0.1, 0.15) is 24.1 Å². The van der Waals surface area contributed by atoms with Crippen molar-refractivity contribution in [2.75, 3.05) is 13.6 Å². The van der Waals surface area contributed by atoms with Gasteiger partial charge in [0.1, 0.15) is 5.01 Å². The lowest BCUT2D eigenvalue weighted by molar-refractivity contribution is -0.137. The molecule has 25 heavy (non-hydrogen) atoms. The molecule has 0 aliphatic carbocycles. The fourth-order valence-corrected chi connectivity index (χ4v) is 2.85. The number of carbonyl (C=O) groups excluding carboxylic acids is 1. The quantitative estimate of drug-likeness (QED) is 0.702. The minimum atomic E-state index is -4.34.